The number of nitrogens with zero attached hydrogens (tertiary/aromatic N) is 1. The lowest BCUT2D eigenvalue weighted by molar-refractivity contribution is 0.159. The van der Waals surface area contributed by atoms with Gasteiger partial charge in [-0.1, -0.05) is 25.7 Å². The second-order valence-corrected chi connectivity index (χ2v) is 8.84. The molecule has 126 valence electrons. The highest BCUT2D eigenvalue weighted by Gasteiger charge is 2.40. The topological polar surface area (TPSA) is 78.5 Å². The molecule has 0 unspecified atom stereocenters. The predicted molar refractivity (Wildman–Crippen MR) is 84.6 cm³/mol. The van der Waals surface area contributed by atoms with Crippen molar-refractivity contribution in [3.05, 3.63) is 0 Å². The van der Waals surface area contributed by atoms with Crippen molar-refractivity contribution >= 4 is 16.2 Å². The van der Waals surface area contributed by atoms with E-state index in [1.165, 1.54) is 30.0 Å². The average molecular weight is 329 g/mol. The van der Waals surface area contributed by atoms with E-state index >= 15 is 0 Å². The highest BCUT2D eigenvalue weighted by atomic mass is 32.2. The van der Waals surface area contributed by atoms with Crippen molar-refractivity contribution in [2.45, 2.75) is 70.3 Å². The lowest BCUT2D eigenvalue weighted by atomic mass is 9.78. The summed E-state index contributed by atoms with van der Waals surface area (Å²) in [6.45, 7) is 1.07. The molecule has 3 rings (SSSR count). The SMILES string of the molecule is O=C(NC1CCCC1)NS(=O)(=O)N1CCC2(CCCC2)CC1. The molecule has 3 aliphatic rings. The summed E-state index contributed by atoms with van der Waals surface area (Å²) in [6, 6.07) is -0.452. The maximum Gasteiger partial charge on any atom is 0.329 e. The molecule has 0 radical (unpaired) electrons. The van der Waals surface area contributed by atoms with E-state index in [-0.39, 0.29) is 6.04 Å². The summed E-state index contributed by atoms with van der Waals surface area (Å²) in [7, 11) is -3.70. The van der Waals surface area contributed by atoms with Gasteiger partial charge in [0.25, 0.3) is 0 Å². The Labute approximate surface area is 133 Å². The number of amides is 2. The summed E-state index contributed by atoms with van der Waals surface area (Å²) in [6.07, 6.45) is 11.0. The van der Waals surface area contributed by atoms with Crippen molar-refractivity contribution in [3.63, 3.8) is 0 Å². The predicted octanol–water partition coefficient (Wildman–Crippen LogP) is 2.13. The van der Waals surface area contributed by atoms with Gasteiger partial charge in [-0.15, -0.1) is 0 Å². The number of hydrogen-bond acceptors (Lipinski definition) is 3. The molecular weight excluding hydrogens is 302 g/mol. The number of carbonyl (C=O) groups is 1. The number of urea groups is 1. The first-order valence-corrected chi connectivity index (χ1v) is 10.0. The zero-order valence-electron chi connectivity index (χ0n) is 13.1. The number of rotatable bonds is 3. The van der Waals surface area contributed by atoms with Crippen LogP contribution in [-0.2, 0) is 10.2 Å². The smallest absolute Gasteiger partial charge is 0.329 e. The zero-order chi connectivity index (χ0) is 15.6. The average Bonchev–Trinajstić information content (AvgIpc) is 3.11. The van der Waals surface area contributed by atoms with Crippen LogP contribution in [0.2, 0.25) is 0 Å². The van der Waals surface area contributed by atoms with Crippen LogP contribution in [0.4, 0.5) is 4.79 Å². The molecular formula is C15H27N3O3S. The van der Waals surface area contributed by atoms with E-state index in [0.29, 0.717) is 18.5 Å². The maximum atomic E-state index is 12.3. The van der Waals surface area contributed by atoms with E-state index in [0.717, 1.165) is 38.5 Å². The molecule has 0 bridgehead atoms. The molecule has 2 N–H and O–H groups in total. The molecule has 2 saturated carbocycles. The van der Waals surface area contributed by atoms with Gasteiger partial charge in [-0.05, 0) is 43.9 Å². The van der Waals surface area contributed by atoms with Gasteiger partial charge in [-0.2, -0.15) is 12.7 Å². The second-order valence-electron chi connectivity index (χ2n) is 7.17. The molecule has 0 atom stereocenters. The minimum atomic E-state index is -3.70. The minimum Gasteiger partial charge on any atom is -0.335 e. The Morgan fingerprint density at radius 1 is 0.955 bits per heavy atom. The fourth-order valence-corrected chi connectivity index (χ4v) is 5.38. The second kappa shape index (κ2) is 6.35. The zero-order valence-corrected chi connectivity index (χ0v) is 14.0. The van der Waals surface area contributed by atoms with Crippen LogP contribution in [-0.4, -0.2) is 37.9 Å². The van der Waals surface area contributed by atoms with E-state index in [2.05, 4.69) is 10.0 Å². The Hall–Kier alpha value is -0.820. The lowest BCUT2D eigenvalue weighted by Crippen LogP contribution is -2.52. The summed E-state index contributed by atoms with van der Waals surface area (Å²) < 4.78 is 28.3. The molecule has 7 heteroatoms. The minimum absolute atomic E-state index is 0.123. The summed E-state index contributed by atoms with van der Waals surface area (Å²) in [5.74, 6) is 0. The molecule has 3 fully saturated rings. The third-order valence-corrected chi connectivity index (χ3v) is 7.19. The van der Waals surface area contributed by atoms with Crippen molar-refractivity contribution in [2.24, 2.45) is 5.41 Å². The molecule has 1 saturated heterocycles. The van der Waals surface area contributed by atoms with Crippen molar-refractivity contribution < 1.29 is 13.2 Å². The Morgan fingerprint density at radius 2 is 1.55 bits per heavy atom. The molecule has 2 aliphatic carbocycles. The van der Waals surface area contributed by atoms with Crippen LogP contribution in [0.3, 0.4) is 0 Å². The summed E-state index contributed by atoms with van der Waals surface area (Å²) >= 11 is 0. The first-order valence-electron chi connectivity index (χ1n) is 8.58. The van der Waals surface area contributed by atoms with Crippen molar-refractivity contribution in [2.75, 3.05) is 13.1 Å². The van der Waals surface area contributed by atoms with Gasteiger partial charge in [-0.3, -0.25) is 0 Å². The largest absolute Gasteiger partial charge is 0.335 e. The van der Waals surface area contributed by atoms with E-state index in [4.69, 9.17) is 0 Å². The lowest BCUT2D eigenvalue weighted by Gasteiger charge is -2.38. The molecule has 1 aliphatic heterocycles. The third kappa shape index (κ3) is 3.56. The quantitative estimate of drug-likeness (QED) is 0.832. The van der Waals surface area contributed by atoms with Gasteiger partial charge in [0.15, 0.2) is 0 Å². The van der Waals surface area contributed by atoms with Gasteiger partial charge in [0.1, 0.15) is 0 Å². The summed E-state index contributed by atoms with van der Waals surface area (Å²) in [5.41, 5.74) is 0.373. The van der Waals surface area contributed by atoms with E-state index in [9.17, 15) is 13.2 Å². The fourth-order valence-electron chi connectivity index (χ4n) is 4.29. The van der Waals surface area contributed by atoms with Gasteiger partial charge >= 0.3 is 16.2 Å². The van der Waals surface area contributed by atoms with Crippen LogP contribution in [0.15, 0.2) is 0 Å². The first kappa shape index (κ1) is 16.1. The van der Waals surface area contributed by atoms with Gasteiger partial charge in [-0.25, -0.2) is 9.52 Å². The fraction of sp³-hybridized carbons (Fsp3) is 0.933. The summed E-state index contributed by atoms with van der Waals surface area (Å²) in [5, 5.41) is 2.77. The normalized spacial score (nSPS) is 26.4. The van der Waals surface area contributed by atoms with Crippen LogP contribution in [0.25, 0.3) is 0 Å². The van der Waals surface area contributed by atoms with E-state index in [1.807, 2.05) is 0 Å². The molecule has 2 amide bonds. The molecule has 0 aromatic heterocycles. The third-order valence-electron chi connectivity index (χ3n) is 5.70. The molecule has 1 spiro atoms. The Balaban J connectivity index is 1.51. The Bertz CT molecular complexity index is 498. The molecule has 1 heterocycles. The van der Waals surface area contributed by atoms with Gasteiger partial charge in [0.2, 0.25) is 0 Å². The van der Waals surface area contributed by atoms with E-state index < -0.39 is 16.2 Å². The number of piperidine rings is 1. The molecule has 0 aromatic rings. The van der Waals surface area contributed by atoms with Crippen LogP contribution in [0.1, 0.15) is 64.2 Å². The summed E-state index contributed by atoms with van der Waals surface area (Å²) in [4.78, 5) is 11.9. The Kier molecular flexibility index (Phi) is 4.64. The van der Waals surface area contributed by atoms with Crippen LogP contribution in [0.5, 0.6) is 0 Å². The first-order chi connectivity index (χ1) is 10.5. The van der Waals surface area contributed by atoms with Gasteiger partial charge in [0.05, 0.1) is 0 Å². The standard InChI is InChI=1S/C15H27N3O3S/c19-14(16-13-5-1-2-6-13)17-22(20,21)18-11-9-15(10-12-18)7-3-4-8-15/h13H,1-12H2,(H2,16,17,19). The van der Waals surface area contributed by atoms with E-state index in [1.54, 1.807) is 0 Å². The highest BCUT2D eigenvalue weighted by molar-refractivity contribution is 7.87. The van der Waals surface area contributed by atoms with Crippen molar-refractivity contribution in [1.82, 2.24) is 14.3 Å². The maximum absolute atomic E-state index is 12.3. The number of nitrogens with one attached hydrogen (secondary N) is 2. The van der Waals surface area contributed by atoms with Gasteiger partial charge < -0.3 is 5.32 Å². The number of carbonyl (C=O) groups excluding carboxylic acids is 1. The molecule has 6 nitrogen and oxygen atoms in total. The van der Waals surface area contributed by atoms with Crippen molar-refractivity contribution in [1.29, 1.82) is 0 Å². The highest BCUT2D eigenvalue weighted by Crippen LogP contribution is 2.46. The molecule has 0 aromatic carbocycles. The monoisotopic (exact) mass is 329 g/mol. The van der Waals surface area contributed by atoms with Crippen LogP contribution >= 0.6 is 0 Å². The van der Waals surface area contributed by atoms with Crippen LogP contribution in [0, 0.1) is 5.41 Å². The van der Waals surface area contributed by atoms with Gasteiger partial charge in [0, 0.05) is 19.1 Å². The molecule has 22 heavy (non-hydrogen) atoms. The van der Waals surface area contributed by atoms with Crippen molar-refractivity contribution in [3.8, 4) is 0 Å². The van der Waals surface area contributed by atoms with Crippen LogP contribution < -0.4 is 10.0 Å². The Morgan fingerprint density at radius 3 is 2.14 bits per heavy atom. The number of hydrogen-bond donors (Lipinski definition) is 2.